The Morgan fingerprint density at radius 2 is 1.02 bits per heavy atom. The van der Waals surface area contributed by atoms with Gasteiger partial charge in [-0.3, -0.25) is 38.4 Å². The molecule has 0 saturated carbocycles. The number of carboxylic acids is 2. The number of carbonyl (C=O) groups is 8. The van der Waals surface area contributed by atoms with Crippen LogP contribution in [0.4, 0.5) is 0 Å². The molecule has 17 nitrogen and oxygen atoms in total. The lowest BCUT2D eigenvalue weighted by Gasteiger charge is -2.27. The molecule has 0 spiro atoms. The predicted octanol–water partition coefficient (Wildman–Crippen LogP) is 1.26. The Labute approximate surface area is 343 Å². The zero-order chi connectivity index (χ0) is 42.9. The van der Waals surface area contributed by atoms with Crippen molar-refractivity contribution in [3.05, 3.63) is 99.5 Å². The molecular formula is C39H44Cl2N6O11. The summed E-state index contributed by atoms with van der Waals surface area (Å²) in [5, 5.41) is 43.9. The van der Waals surface area contributed by atoms with Gasteiger partial charge in [-0.2, -0.15) is 0 Å². The van der Waals surface area contributed by atoms with Gasteiger partial charge in [0.05, 0.1) is 16.5 Å². The fourth-order valence-corrected chi connectivity index (χ4v) is 6.00. The first-order chi connectivity index (χ1) is 27.4. The molecule has 3 rings (SSSR count). The first-order valence-corrected chi connectivity index (χ1v) is 18.6. The van der Waals surface area contributed by atoms with Gasteiger partial charge in [-0.25, -0.2) is 0 Å². The van der Waals surface area contributed by atoms with E-state index in [1.54, 1.807) is 36.4 Å². The second-order valence-corrected chi connectivity index (χ2v) is 14.0. The Bertz CT molecular complexity index is 1950. The van der Waals surface area contributed by atoms with Crippen LogP contribution in [0.2, 0.25) is 10.0 Å². The maximum absolute atomic E-state index is 14.1. The molecule has 6 amide bonds. The largest absolute Gasteiger partial charge is 0.508 e. The van der Waals surface area contributed by atoms with E-state index in [-0.39, 0.29) is 35.1 Å². The molecule has 310 valence electrons. The standard InChI is InChI=1S/C39H44Cl2N6O11/c1-21(48)43-32(20-34(52)53)39(58)47-31(18-23-8-11-25(49)12-9-23)38(57)46-30(17-22-6-4-3-5-7-22)37(56)44-28(14-15-33(50)51)36(55)45-29(35(54)42-2)19-24-10-13-26(40)27(41)16-24/h3-13,16,28-32,49H,14-15,17-20H2,1-2H3,(H,42,54)(H,43,48)(H,44,56)(H,45,55)(H,46,57)(H,47,58)(H,50,51)(H,52,53)/t28-,29-,30-,31-,32-/m0/s1. The van der Waals surface area contributed by atoms with Crippen LogP contribution < -0.4 is 31.9 Å². The number of hydrogen-bond donors (Lipinski definition) is 9. The number of phenols is 1. The van der Waals surface area contributed by atoms with Crippen LogP contribution in [0.3, 0.4) is 0 Å². The first-order valence-electron chi connectivity index (χ1n) is 17.8. The van der Waals surface area contributed by atoms with E-state index < -0.39 is 96.9 Å². The zero-order valence-electron chi connectivity index (χ0n) is 31.4. The van der Waals surface area contributed by atoms with Crippen molar-refractivity contribution in [3.63, 3.8) is 0 Å². The molecule has 0 unspecified atom stereocenters. The fourth-order valence-electron chi connectivity index (χ4n) is 5.68. The number of carboxylic acid groups (broad SMARTS) is 2. The molecule has 19 heteroatoms. The molecule has 0 radical (unpaired) electrons. The van der Waals surface area contributed by atoms with Crippen LogP contribution in [0.15, 0.2) is 72.8 Å². The van der Waals surface area contributed by atoms with Gasteiger partial charge in [0.1, 0.15) is 36.0 Å². The molecule has 3 aromatic carbocycles. The monoisotopic (exact) mass is 842 g/mol. The van der Waals surface area contributed by atoms with E-state index in [0.29, 0.717) is 16.7 Å². The van der Waals surface area contributed by atoms with E-state index in [4.69, 9.17) is 23.2 Å². The van der Waals surface area contributed by atoms with E-state index >= 15 is 0 Å². The Morgan fingerprint density at radius 1 is 0.552 bits per heavy atom. The van der Waals surface area contributed by atoms with Gasteiger partial charge in [0.15, 0.2) is 0 Å². The highest BCUT2D eigenvalue weighted by molar-refractivity contribution is 6.42. The van der Waals surface area contributed by atoms with Crippen molar-refractivity contribution >= 4 is 70.6 Å². The molecule has 0 heterocycles. The number of carbonyl (C=O) groups excluding carboxylic acids is 6. The third-order valence-corrected chi connectivity index (χ3v) is 9.32. The third-order valence-electron chi connectivity index (χ3n) is 8.58. The number of aliphatic carboxylic acids is 2. The van der Waals surface area contributed by atoms with Crippen LogP contribution >= 0.6 is 23.2 Å². The lowest BCUT2D eigenvalue weighted by atomic mass is 10.0. The van der Waals surface area contributed by atoms with Crippen molar-refractivity contribution in [2.24, 2.45) is 0 Å². The van der Waals surface area contributed by atoms with Gasteiger partial charge in [-0.1, -0.05) is 71.7 Å². The van der Waals surface area contributed by atoms with Gasteiger partial charge in [0, 0.05) is 39.7 Å². The Kier molecular flexibility index (Phi) is 17.9. The highest BCUT2D eigenvalue weighted by atomic mass is 35.5. The topological polar surface area (TPSA) is 269 Å². The summed E-state index contributed by atoms with van der Waals surface area (Å²) >= 11 is 12.2. The van der Waals surface area contributed by atoms with Gasteiger partial charge in [0.25, 0.3) is 0 Å². The average Bonchev–Trinajstić information content (AvgIpc) is 3.17. The summed E-state index contributed by atoms with van der Waals surface area (Å²) in [6.45, 7) is 1.08. The first kappa shape index (κ1) is 46.2. The molecule has 5 atom stereocenters. The van der Waals surface area contributed by atoms with E-state index in [9.17, 15) is 53.7 Å². The lowest BCUT2D eigenvalue weighted by molar-refractivity contribution is -0.141. The molecule has 0 aliphatic carbocycles. The second kappa shape index (κ2) is 22.5. The van der Waals surface area contributed by atoms with Crippen LogP contribution in [-0.4, -0.2) is 100.0 Å². The number of hydrogen-bond acceptors (Lipinski definition) is 9. The average molecular weight is 844 g/mol. The van der Waals surface area contributed by atoms with Gasteiger partial charge >= 0.3 is 11.9 Å². The van der Waals surface area contributed by atoms with Crippen LogP contribution in [0, 0.1) is 0 Å². The number of benzene rings is 3. The maximum Gasteiger partial charge on any atom is 0.305 e. The molecule has 3 aromatic rings. The molecule has 0 aliphatic heterocycles. The number of rotatable bonds is 21. The minimum atomic E-state index is -1.57. The molecule has 0 aromatic heterocycles. The van der Waals surface area contributed by atoms with Crippen molar-refractivity contribution in [1.82, 2.24) is 31.9 Å². The van der Waals surface area contributed by atoms with E-state index in [1.165, 1.54) is 43.4 Å². The fraction of sp³-hybridized carbons (Fsp3) is 0.333. The second-order valence-electron chi connectivity index (χ2n) is 13.2. The quantitative estimate of drug-likeness (QED) is 0.0737. The summed E-state index contributed by atoms with van der Waals surface area (Å²) in [6.07, 6.45) is -2.24. The minimum absolute atomic E-state index is 0.0576. The summed E-state index contributed by atoms with van der Waals surface area (Å²) in [5.74, 6) is -7.88. The number of phenolic OH excluding ortho intramolecular Hbond substituents is 1. The van der Waals surface area contributed by atoms with Gasteiger partial charge in [-0.15, -0.1) is 0 Å². The van der Waals surface area contributed by atoms with E-state index in [2.05, 4.69) is 31.9 Å². The molecule has 9 N–H and O–H groups in total. The maximum atomic E-state index is 14.1. The number of likely N-dealkylation sites (N-methyl/N-ethyl adjacent to an activating group) is 1. The Morgan fingerprint density at radius 3 is 1.52 bits per heavy atom. The van der Waals surface area contributed by atoms with Crippen molar-refractivity contribution in [3.8, 4) is 5.75 Å². The highest BCUT2D eigenvalue weighted by Crippen LogP contribution is 2.23. The van der Waals surface area contributed by atoms with Crippen LogP contribution in [0.25, 0.3) is 0 Å². The van der Waals surface area contributed by atoms with Crippen molar-refractivity contribution in [2.45, 2.75) is 75.7 Å². The number of halogens is 2. The Balaban J connectivity index is 1.95. The molecule has 0 aliphatic rings. The van der Waals surface area contributed by atoms with Crippen LogP contribution in [-0.2, 0) is 57.6 Å². The molecule has 58 heavy (non-hydrogen) atoms. The number of nitrogens with one attached hydrogen (secondary N) is 6. The number of amides is 6. The van der Waals surface area contributed by atoms with Crippen LogP contribution in [0.1, 0.15) is 42.9 Å². The highest BCUT2D eigenvalue weighted by Gasteiger charge is 2.33. The number of aromatic hydroxyl groups is 1. The Hall–Kier alpha value is -6.20. The third kappa shape index (κ3) is 15.4. The van der Waals surface area contributed by atoms with Crippen LogP contribution in [0.5, 0.6) is 5.75 Å². The smallest absolute Gasteiger partial charge is 0.305 e. The van der Waals surface area contributed by atoms with Gasteiger partial charge < -0.3 is 47.2 Å². The summed E-state index contributed by atoms with van der Waals surface area (Å²) in [6, 6.07) is 11.4. The summed E-state index contributed by atoms with van der Waals surface area (Å²) in [5.41, 5.74) is 1.52. The molecule has 0 bridgehead atoms. The van der Waals surface area contributed by atoms with Crippen molar-refractivity contribution < 1.29 is 53.7 Å². The summed E-state index contributed by atoms with van der Waals surface area (Å²) in [4.78, 5) is 103. The molecular weight excluding hydrogens is 799 g/mol. The van der Waals surface area contributed by atoms with Crippen molar-refractivity contribution in [1.29, 1.82) is 0 Å². The van der Waals surface area contributed by atoms with Gasteiger partial charge in [0.2, 0.25) is 35.4 Å². The predicted molar refractivity (Wildman–Crippen MR) is 211 cm³/mol. The lowest BCUT2D eigenvalue weighted by Crippen LogP contribution is -2.60. The molecule has 0 saturated heterocycles. The summed E-state index contributed by atoms with van der Waals surface area (Å²) < 4.78 is 0. The SMILES string of the molecule is CNC(=O)[C@H](Cc1ccc(Cl)c(Cl)c1)NC(=O)[C@H](CCC(=O)O)NC(=O)[C@H](Cc1ccccc1)NC(=O)[C@H](Cc1ccc(O)cc1)NC(=O)[C@H](CC(=O)O)NC(C)=O. The van der Waals surface area contributed by atoms with E-state index in [1.807, 2.05) is 0 Å². The van der Waals surface area contributed by atoms with E-state index in [0.717, 1.165) is 6.92 Å². The zero-order valence-corrected chi connectivity index (χ0v) is 32.9. The summed E-state index contributed by atoms with van der Waals surface area (Å²) in [7, 11) is 1.35. The normalized spacial score (nSPS) is 13.3. The minimum Gasteiger partial charge on any atom is -0.508 e. The van der Waals surface area contributed by atoms with Gasteiger partial charge in [-0.05, 0) is 47.4 Å². The van der Waals surface area contributed by atoms with Crippen molar-refractivity contribution in [2.75, 3.05) is 7.05 Å². The molecule has 0 fully saturated rings.